The summed E-state index contributed by atoms with van der Waals surface area (Å²) in [5.74, 6) is -0.146. The highest BCUT2D eigenvalue weighted by Crippen LogP contribution is 2.40. The Balaban J connectivity index is 3.02. The highest BCUT2D eigenvalue weighted by Gasteiger charge is 2.54. The van der Waals surface area contributed by atoms with Crippen LogP contribution in [0.4, 0.5) is 0 Å². The molecule has 1 saturated heterocycles. The summed E-state index contributed by atoms with van der Waals surface area (Å²) in [7, 11) is 1.75. The van der Waals surface area contributed by atoms with Gasteiger partial charge in [0.05, 0.1) is 0 Å². The van der Waals surface area contributed by atoms with Crippen molar-refractivity contribution in [3.8, 4) is 0 Å². The number of hydrogen-bond donors (Lipinski definition) is 1. The molecule has 2 atom stereocenters. The summed E-state index contributed by atoms with van der Waals surface area (Å²) >= 11 is 0. The van der Waals surface area contributed by atoms with E-state index in [-0.39, 0.29) is 17.4 Å². The zero-order chi connectivity index (χ0) is 10.4. The van der Waals surface area contributed by atoms with E-state index in [0.717, 1.165) is 0 Å². The maximum Gasteiger partial charge on any atom is 0.255 e. The molecular weight excluding hydrogens is 166 g/mol. The van der Waals surface area contributed by atoms with Crippen LogP contribution >= 0.6 is 0 Å². The fraction of sp³-hybridized carbons (Fsp3) is 0.900. The number of amides is 1. The normalized spacial score (nSPS) is 35.7. The van der Waals surface area contributed by atoms with E-state index in [1.165, 1.54) is 0 Å². The van der Waals surface area contributed by atoms with Gasteiger partial charge >= 0.3 is 0 Å². The molecule has 1 fully saturated rings. The Morgan fingerprint density at radius 2 is 2.00 bits per heavy atom. The molecule has 0 aromatic rings. The van der Waals surface area contributed by atoms with Crippen molar-refractivity contribution in [2.24, 2.45) is 5.41 Å². The van der Waals surface area contributed by atoms with E-state index in [9.17, 15) is 9.90 Å². The van der Waals surface area contributed by atoms with Gasteiger partial charge < -0.3 is 10.0 Å². The van der Waals surface area contributed by atoms with Gasteiger partial charge in [-0.3, -0.25) is 4.79 Å². The highest BCUT2D eigenvalue weighted by atomic mass is 16.3. The fourth-order valence-electron chi connectivity index (χ4n) is 1.77. The number of hydrogen-bond acceptors (Lipinski definition) is 2. The Kier molecular flexibility index (Phi) is 2.19. The predicted octanol–water partition coefficient (Wildman–Crippen LogP) is 1.01. The summed E-state index contributed by atoms with van der Waals surface area (Å²) in [6.07, 6.45) is 0.534. The molecule has 1 unspecified atom stereocenters. The third kappa shape index (κ3) is 1.35. The second-order valence-electron chi connectivity index (χ2n) is 5.08. The maximum absolute atomic E-state index is 11.8. The van der Waals surface area contributed by atoms with Crippen molar-refractivity contribution in [2.75, 3.05) is 7.05 Å². The van der Waals surface area contributed by atoms with Crippen LogP contribution in [0.1, 0.15) is 34.1 Å². The molecule has 0 radical (unpaired) electrons. The molecule has 0 spiro atoms. The van der Waals surface area contributed by atoms with Crippen LogP contribution in [0, 0.1) is 5.41 Å². The number of carbonyl (C=O) groups excluding carboxylic acids is 1. The Morgan fingerprint density at radius 3 is 2.15 bits per heavy atom. The molecule has 1 aliphatic rings. The molecule has 1 aliphatic heterocycles. The van der Waals surface area contributed by atoms with Crippen molar-refractivity contribution in [2.45, 2.75) is 45.8 Å². The number of likely N-dealkylation sites (tertiary alicyclic amines) is 1. The first-order valence-electron chi connectivity index (χ1n) is 4.70. The lowest BCUT2D eigenvalue weighted by Crippen LogP contribution is -2.49. The molecule has 13 heavy (non-hydrogen) atoms. The Morgan fingerprint density at radius 1 is 1.54 bits per heavy atom. The minimum absolute atomic E-state index is 0.136. The van der Waals surface area contributed by atoms with Crippen molar-refractivity contribution >= 4 is 5.91 Å². The van der Waals surface area contributed by atoms with Gasteiger partial charge in [0, 0.05) is 19.5 Å². The maximum atomic E-state index is 11.8. The van der Waals surface area contributed by atoms with Gasteiger partial charge in [-0.05, 0) is 12.3 Å². The van der Waals surface area contributed by atoms with Crippen LogP contribution < -0.4 is 0 Å². The first-order chi connectivity index (χ1) is 5.70. The van der Waals surface area contributed by atoms with E-state index in [1.807, 2.05) is 27.7 Å². The Bertz CT molecular complexity index is 232. The largest absolute Gasteiger partial charge is 0.379 e. The van der Waals surface area contributed by atoms with Gasteiger partial charge in [-0.15, -0.1) is 0 Å². The monoisotopic (exact) mass is 185 g/mol. The minimum atomic E-state index is -1.18. The lowest BCUT2D eigenvalue weighted by Gasteiger charge is -2.34. The summed E-state index contributed by atoms with van der Waals surface area (Å²) in [5.41, 5.74) is -1.57. The summed E-state index contributed by atoms with van der Waals surface area (Å²) in [6, 6.07) is 0.136. The van der Waals surface area contributed by atoms with Crippen molar-refractivity contribution in [3.05, 3.63) is 0 Å². The van der Waals surface area contributed by atoms with E-state index in [1.54, 1.807) is 11.9 Å². The van der Waals surface area contributed by atoms with Crippen LogP contribution in [0.15, 0.2) is 0 Å². The van der Waals surface area contributed by atoms with Gasteiger partial charge in [0.25, 0.3) is 5.91 Å². The lowest BCUT2D eigenvalue weighted by molar-refractivity contribution is -0.152. The zero-order valence-corrected chi connectivity index (χ0v) is 9.09. The Hall–Kier alpha value is -0.570. The summed E-state index contributed by atoms with van der Waals surface area (Å²) in [5, 5.41) is 10.2. The fourth-order valence-corrected chi connectivity index (χ4v) is 1.77. The van der Waals surface area contributed by atoms with Gasteiger partial charge in [-0.1, -0.05) is 20.8 Å². The van der Waals surface area contributed by atoms with Gasteiger partial charge in [-0.25, -0.2) is 0 Å². The van der Waals surface area contributed by atoms with E-state index in [2.05, 4.69) is 0 Å². The van der Waals surface area contributed by atoms with Crippen molar-refractivity contribution < 1.29 is 9.90 Å². The van der Waals surface area contributed by atoms with Crippen LogP contribution in [0.3, 0.4) is 0 Å². The molecule has 0 bridgehead atoms. The average Bonchev–Trinajstić information content (AvgIpc) is 2.15. The topological polar surface area (TPSA) is 40.5 Å². The third-order valence-corrected chi connectivity index (χ3v) is 3.17. The average molecular weight is 185 g/mol. The van der Waals surface area contributed by atoms with Gasteiger partial charge in [-0.2, -0.15) is 0 Å². The predicted molar refractivity (Wildman–Crippen MR) is 51.3 cm³/mol. The first kappa shape index (κ1) is 10.5. The molecule has 1 amide bonds. The lowest BCUT2D eigenvalue weighted by atomic mass is 9.75. The summed E-state index contributed by atoms with van der Waals surface area (Å²) < 4.78 is 0. The summed E-state index contributed by atoms with van der Waals surface area (Å²) in [4.78, 5) is 13.4. The van der Waals surface area contributed by atoms with Crippen LogP contribution in [0.2, 0.25) is 0 Å². The molecule has 1 N–H and O–H groups in total. The number of aliphatic hydroxyl groups is 1. The quantitative estimate of drug-likeness (QED) is 0.612. The molecule has 0 aliphatic carbocycles. The van der Waals surface area contributed by atoms with Crippen molar-refractivity contribution in [1.29, 1.82) is 0 Å². The molecule has 0 aromatic heterocycles. The van der Waals surface area contributed by atoms with Gasteiger partial charge in [0.1, 0.15) is 5.60 Å². The minimum Gasteiger partial charge on any atom is -0.379 e. The van der Waals surface area contributed by atoms with Crippen LogP contribution in [0.5, 0.6) is 0 Å². The van der Waals surface area contributed by atoms with Crippen molar-refractivity contribution in [3.63, 3.8) is 0 Å². The van der Waals surface area contributed by atoms with E-state index in [4.69, 9.17) is 0 Å². The molecule has 3 nitrogen and oxygen atoms in total. The summed E-state index contributed by atoms with van der Waals surface area (Å²) in [6.45, 7) is 7.66. The SMILES string of the molecule is CC1C[C@](O)(C(C)(C)C)C(=O)N1C. The molecule has 1 rings (SSSR count). The number of likely N-dealkylation sites (N-methyl/N-ethyl adjacent to an activating group) is 1. The number of nitrogens with zero attached hydrogens (tertiary/aromatic N) is 1. The second kappa shape index (κ2) is 2.71. The highest BCUT2D eigenvalue weighted by molar-refractivity contribution is 5.88. The van der Waals surface area contributed by atoms with Crippen LogP contribution in [0.25, 0.3) is 0 Å². The number of rotatable bonds is 0. The standard InChI is InChI=1S/C10H19NO2/c1-7-6-10(13,9(2,3)4)8(12)11(7)5/h7,13H,6H2,1-5H3/t7?,10-/m1/s1. The molecule has 76 valence electrons. The Labute approximate surface area is 79.7 Å². The number of carbonyl (C=O) groups is 1. The van der Waals surface area contributed by atoms with Crippen LogP contribution in [-0.4, -0.2) is 34.6 Å². The van der Waals surface area contributed by atoms with E-state index >= 15 is 0 Å². The van der Waals surface area contributed by atoms with Crippen LogP contribution in [-0.2, 0) is 4.79 Å². The third-order valence-electron chi connectivity index (χ3n) is 3.17. The second-order valence-corrected chi connectivity index (χ2v) is 5.08. The molecular formula is C10H19NO2. The van der Waals surface area contributed by atoms with Gasteiger partial charge in [0.2, 0.25) is 0 Å². The molecule has 1 heterocycles. The smallest absolute Gasteiger partial charge is 0.255 e. The molecule has 0 saturated carbocycles. The zero-order valence-electron chi connectivity index (χ0n) is 9.09. The first-order valence-corrected chi connectivity index (χ1v) is 4.70. The van der Waals surface area contributed by atoms with Crippen molar-refractivity contribution in [1.82, 2.24) is 4.90 Å². The molecule has 0 aromatic carbocycles. The van der Waals surface area contributed by atoms with Gasteiger partial charge in [0.15, 0.2) is 0 Å². The van der Waals surface area contributed by atoms with E-state index in [0.29, 0.717) is 6.42 Å². The van der Waals surface area contributed by atoms with E-state index < -0.39 is 5.60 Å². The molecule has 3 heteroatoms.